The largest absolute Gasteiger partial charge is 0.370 e. The third-order valence-electron chi connectivity index (χ3n) is 3.45. The smallest absolute Gasteiger partial charge is 0.132 e. The number of hydrogen-bond acceptors (Lipinski definition) is 4. The van der Waals surface area contributed by atoms with Crippen LogP contribution in [0.1, 0.15) is 43.9 Å². The summed E-state index contributed by atoms with van der Waals surface area (Å²) in [6.07, 6.45) is 8.94. The van der Waals surface area contributed by atoms with E-state index in [1.54, 1.807) is 6.33 Å². The fraction of sp³-hybridized carbons (Fsp3) is 0.714. The van der Waals surface area contributed by atoms with E-state index in [4.69, 9.17) is 0 Å². The van der Waals surface area contributed by atoms with Crippen LogP contribution in [0, 0.1) is 0 Å². The van der Waals surface area contributed by atoms with Crippen molar-refractivity contribution >= 4 is 5.82 Å². The van der Waals surface area contributed by atoms with Gasteiger partial charge in [0.2, 0.25) is 0 Å². The van der Waals surface area contributed by atoms with Crippen LogP contribution in [0.5, 0.6) is 0 Å². The van der Waals surface area contributed by atoms with Gasteiger partial charge in [0, 0.05) is 17.8 Å². The molecule has 0 unspecified atom stereocenters. The first-order valence-electron chi connectivity index (χ1n) is 7.19. The molecule has 0 aromatic carbocycles. The molecule has 1 heterocycles. The fourth-order valence-electron chi connectivity index (χ4n) is 2.45. The Balaban J connectivity index is 1.91. The van der Waals surface area contributed by atoms with Crippen molar-refractivity contribution in [2.75, 3.05) is 25.0 Å². The lowest BCUT2D eigenvalue weighted by Gasteiger charge is -2.12. The van der Waals surface area contributed by atoms with E-state index in [2.05, 4.69) is 27.5 Å². The average molecular weight is 248 g/mol. The predicted molar refractivity (Wildman–Crippen MR) is 74.9 cm³/mol. The molecule has 4 nitrogen and oxygen atoms in total. The van der Waals surface area contributed by atoms with Gasteiger partial charge in [-0.3, -0.25) is 0 Å². The highest BCUT2D eigenvalue weighted by Crippen LogP contribution is 2.23. The van der Waals surface area contributed by atoms with Crippen LogP contribution in [0.4, 0.5) is 5.82 Å². The van der Waals surface area contributed by atoms with Crippen molar-refractivity contribution in [3.05, 3.63) is 17.6 Å². The van der Waals surface area contributed by atoms with Crippen molar-refractivity contribution in [3.8, 4) is 0 Å². The molecule has 1 aliphatic rings. The molecule has 1 aromatic heterocycles. The molecule has 18 heavy (non-hydrogen) atoms. The second-order valence-electron chi connectivity index (χ2n) is 4.84. The quantitative estimate of drug-likeness (QED) is 0.598. The van der Waals surface area contributed by atoms with E-state index < -0.39 is 0 Å². The Hall–Kier alpha value is -1.16. The summed E-state index contributed by atoms with van der Waals surface area (Å²) in [5.41, 5.74) is 2.62. The molecule has 0 aliphatic heterocycles. The van der Waals surface area contributed by atoms with Crippen LogP contribution in [-0.4, -0.2) is 29.6 Å². The normalized spacial score (nSPS) is 14.9. The Morgan fingerprint density at radius 2 is 2.00 bits per heavy atom. The molecule has 2 rings (SSSR count). The zero-order chi connectivity index (χ0) is 12.6. The number of anilines is 1. The molecule has 1 aliphatic carbocycles. The standard InChI is InChI=1S/C14H24N4/c1-2-15-9-6-10-16-14-12-7-4-3-5-8-13(12)17-11-18-14/h11,15H,2-10H2,1H3,(H,16,17,18). The molecule has 0 radical (unpaired) electrons. The minimum absolute atomic E-state index is 0.983. The van der Waals surface area contributed by atoms with Crippen molar-refractivity contribution in [3.63, 3.8) is 0 Å². The van der Waals surface area contributed by atoms with Crippen LogP contribution < -0.4 is 10.6 Å². The Labute approximate surface area is 110 Å². The molecule has 100 valence electrons. The molecule has 2 N–H and O–H groups in total. The van der Waals surface area contributed by atoms with Gasteiger partial charge in [0.05, 0.1) is 0 Å². The second-order valence-corrected chi connectivity index (χ2v) is 4.84. The van der Waals surface area contributed by atoms with Gasteiger partial charge < -0.3 is 10.6 Å². The lowest BCUT2D eigenvalue weighted by molar-refractivity contribution is 0.687. The summed E-state index contributed by atoms with van der Waals surface area (Å²) >= 11 is 0. The van der Waals surface area contributed by atoms with Crippen LogP contribution in [0.25, 0.3) is 0 Å². The van der Waals surface area contributed by atoms with E-state index in [0.29, 0.717) is 0 Å². The number of fused-ring (bicyclic) bond motifs is 1. The summed E-state index contributed by atoms with van der Waals surface area (Å²) < 4.78 is 0. The third kappa shape index (κ3) is 3.67. The van der Waals surface area contributed by atoms with Crippen LogP contribution in [-0.2, 0) is 12.8 Å². The highest BCUT2D eigenvalue weighted by atomic mass is 15.0. The van der Waals surface area contributed by atoms with Crippen LogP contribution in [0.3, 0.4) is 0 Å². The monoisotopic (exact) mass is 248 g/mol. The molecule has 0 atom stereocenters. The van der Waals surface area contributed by atoms with Gasteiger partial charge in [-0.25, -0.2) is 9.97 Å². The van der Waals surface area contributed by atoms with Gasteiger partial charge in [-0.2, -0.15) is 0 Å². The van der Waals surface area contributed by atoms with Crippen molar-refractivity contribution in [2.24, 2.45) is 0 Å². The highest BCUT2D eigenvalue weighted by Gasteiger charge is 2.13. The maximum Gasteiger partial charge on any atom is 0.132 e. The van der Waals surface area contributed by atoms with Gasteiger partial charge in [0.1, 0.15) is 12.1 Å². The Kier molecular flexibility index (Phi) is 5.39. The van der Waals surface area contributed by atoms with E-state index in [1.807, 2.05) is 0 Å². The Bertz CT molecular complexity index is 365. The highest BCUT2D eigenvalue weighted by molar-refractivity contribution is 5.46. The SMILES string of the molecule is CCNCCCNc1ncnc2c1CCCCC2. The first-order chi connectivity index (χ1) is 8.92. The lowest BCUT2D eigenvalue weighted by atomic mass is 10.1. The molecule has 0 amide bonds. The van der Waals surface area contributed by atoms with E-state index in [1.165, 1.54) is 30.5 Å². The van der Waals surface area contributed by atoms with E-state index in [9.17, 15) is 0 Å². The van der Waals surface area contributed by atoms with E-state index in [0.717, 1.165) is 44.7 Å². The lowest BCUT2D eigenvalue weighted by Crippen LogP contribution is -2.18. The van der Waals surface area contributed by atoms with Gasteiger partial charge in [0.15, 0.2) is 0 Å². The number of nitrogens with one attached hydrogen (secondary N) is 2. The summed E-state index contributed by atoms with van der Waals surface area (Å²) in [4.78, 5) is 8.84. The first kappa shape index (κ1) is 13.3. The molecule has 0 saturated carbocycles. The van der Waals surface area contributed by atoms with Crippen molar-refractivity contribution in [2.45, 2.75) is 45.4 Å². The second kappa shape index (κ2) is 7.31. The van der Waals surface area contributed by atoms with Crippen molar-refractivity contribution in [1.82, 2.24) is 15.3 Å². The van der Waals surface area contributed by atoms with E-state index in [-0.39, 0.29) is 0 Å². The summed E-state index contributed by atoms with van der Waals surface area (Å²) in [5.74, 6) is 1.07. The van der Waals surface area contributed by atoms with Gasteiger partial charge in [-0.15, -0.1) is 0 Å². The summed E-state index contributed by atoms with van der Waals surface area (Å²) in [7, 11) is 0. The number of rotatable bonds is 6. The number of hydrogen-bond donors (Lipinski definition) is 2. The van der Waals surface area contributed by atoms with Crippen molar-refractivity contribution in [1.29, 1.82) is 0 Å². The number of nitrogens with zero attached hydrogens (tertiary/aromatic N) is 2. The Morgan fingerprint density at radius 1 is 1.11 bits per heavy atom. The average Bonchev–Trinajstić information content (AvgIpc) is 2.64. The van der Waals surface area contributed by atoms with Gasteiger partial charge in [0.25, 0.3) is 0 Å². The van der Waals surface area contributed by atoms with Crippen LogP contribution in [0.2, 0.25) is 0 Å². The molecule has 0 fully saturated rings. The Morgan fingerprint density at radius 3 is 2.89 bits per heavy atom. The summed E-state index contributed by atoms with van der Waals surface area (Å²) in [5, 5.41) is 6.80. The van der Waals surface area contributed by atoms with Gasteiger partial charge >= 0.3 is 0 Å². The maximum atomic E-state index is 4.43. The van der Waals surface area contributed by atoms with Gasteiger partial charge in [-0.1, -0.05) is 13.3 Å². The predicted octanol–water partition coefficient (Wildman–Crippen LogP) is 2.16. The minimum atomic E-state index is 0.983. The first-order valence-corrected chi connectivity index (χ1v) is 7.19. The molecule has 1 aromatic rings. The van der Waals surface area contributed by atoms with Crippen LogP contribution >= 0.6 is 0 Å². The summed E-state index contributed by atoms with van der Waals surface area (Å²) in [6.45, 7) is 5.23. The fourth-order valence-corrected chi connectivity index (χ4v) is 2.45. The maximum absolute atomic E-state index is 4.43. The van der Waals surface area contributed by atoms with Gasteiger partial charge in [-0.05, 0) is 45.2 Å². The molecule has 0 saturated heterocycles. The van der Waals surface area contributed by atoms with Crippen molar-refractivity contribution < 1.29 is 0 Å². The molecule has 0 spiro atoms. The number of aryl methyl sites for hydroxylation is 1. The molecular formula is C14H24N4. The minimum Gasteiger partial charge on any atom is -0.370 e. The molecule has 4 heteroatoms. The topological polar surface area (TPSA) is 49.8 Å². The zero-order valence-electron chi connectivity index (χ0n) is 11.3. The molecular weight excluding hydrogens is 224 g/mol. The molecule has 0 bridgehead atoms. The van der Waals surface area contributed by atoms with E-state index >= 15 is 0 Å². The number of aromatic nitrogens is 2. The summed E-state index contributed by atoms with van der Waals surface area (Å²) in [6, 6.07) is 0. The van der Waals surface area contributed by atoms with Crippen LogP contribution in [0.15, 0.2) is 6.33 Å². The third-order valence-corrected chi connectivity index (χ3v) is 3.45. The zero-order valence-corrected chi connectivity index (χ0v) is 11.3.